The first-order valence-electron chi connectivity index (χ1n) is 12.9. The number of aryl methyl sites for hydroxylation is 1. The molecule has 0 spiro atoms. The van der Waals surface area contributed by atoms with Crippen LogP contribution < -0.4 is 0 Å². The average Bonchev–Trinajstić information content (AvgIpc) is 2.76. The fraction of sp³-hybridized carbons (Fsp3) is 0.750. The summed E-state index contributed by atoms with van der Waals surface area (Å²) >= 11 is 0. The van der Waals surface area contributed by atoms with Gasteiger partial charge in [0.15, 0.2) is 0 Å². The van der Waals surface area contributed by atoms with Gasteiger partial charge in [-0.1, -0.05) is 110 Å². The van der Waals surface area contributed by atoms with Gasteiger partial charge in [0.05, 0.1) is 6.61 Å². The molecule has 0 aliphatic carbocycles. The Hall–Kier alpha value is -1.51. The summed E-state index contributed by atoms with van der Waals surface area (Å²) < 4.78 is 5.41. The van der Waals surface area contributed by atoms with Crippen molar-refractivity contribution in [1.29, 1.82) is 0 Å². The number of carbonyl (C=O) groups is 1. The van der Waals surface area contributed by atoms with Crippen molar-refractivity contribution in [2.45, 2.75) is 129 Å². The van der Waals surface area contributed by atoms with E-state index in [1.807, 2.05) is 12.1 Å². The largest absolute Gasteiger partial charge is 0.508 e. The number of carbonyl (C=O) groups excluding carboxylic acids is 1. The topological polar surface area (TPSA) is 46.5 Å². The van der Waals surface area contributed by atoms with Crippen molar-refractivity contribution < 1.29 is 14.6 Å². The van der Waals surface area contributed by atoms with E-state index in [1.54, 1.807) is 6.07 Å². The number of ether oxygens (including phenoxy) is 1. The maximum Gasteiger partial charge on any atom is 0.306 e. The monoisotopic (exact) mass is 432 g/mol. The van der Waals surface area contributed by atoms with Crippen molar-refractivity contribution in [3.8, 4) is 5.75 Å². The van der Waals surface area contributed by atoms with E-state index in [-0.39, 0.29) is 11.4 Å². The van der Waals surface area contributed by atoms with Crippen LogP contribution in [-0.2, 0) is 21.4 Å². The van der Waals surface area contributed by atoms with E-state index in [0.717, 1.165) is 30.4 Å². The number of hydrogen-bond acceptors (Lipinski definition) is 3. The van der Waals surface area contributed by atoms with E-state index in [1.165, 1.54) is 64.2 Å². The SMILES string of the molecule is CCCCCCCCCCCCCCOC(=O)CCc1ccc(O)c(C(C)(C)CC)c1. The first kappa shape index (κ1) is 27.5. The van der Waals surface area contributed by atoms with Gasteiger partial charge in [-0.05, 0) is 41.9 Å². The van der Waals surface area contributed by atoms with E-state index in [2.05, 4.69) is 27.7 Å². The Morgan fingerprint density at radius 2 is 1.42 bits per heavy atom. The molecule has 0 bridgehead atoms. The van der Waals surface area contributed by atoms with Gasteiger partial charge >= 0.3 is 5.97 Å². The molecule has 31 heavy (non-hydrogen) atoms. The van der Waals surface area contributed by atoms with Crippen molar-refractivity contribution >= 4 is 5.97 Å². The summed E-state index contributed by atoms with van der Waals surface area (Å²) in [5, 5.41) is 10.2. The van der Waals surface area contributed by atoms with Crippen LogP contribution >= 0.6 is 0 Å². The number of phenols is 1. The summed E-state index contributed by atoms with van der Waals surface area (Å²) in [6.07, 6.45) is 17.7. The lowest BCUT2D eigenvalue weighted by molar-refractivity contribution is -0.143. The van der Waals surface area contributed by atoms with Crippen LogP contribution in [0.3, 0.4) is 0 Å². The maximum atomic E-state index is 12.1. The van der Waals surface area contributed by atoms with E-state index in [9.17, 15) is 9.90 Å². The molecule has 1 aromatic rings. The number of esters is 1. The highest BCUT2D eigenvalue weighted by Gasteiger charge is 2.22. The third kappa shape index (κ3) is 12.2. The Kier molecular flexibility index (Phi) is 14.4. The second-order valence-corrected chi connectivity index (χ2v) is 9.70. The number of unbranched alkanes of at least 4 members (excludes halogenated alkanes) is 11. The summed E-state index contributed by atoms with van der Waals surface area (Å²) in [7, 11) is 0. The normalized spacial score (nSPS) is 11.6. The Bertz CT molecular complexity index is 606. The van der Waals surface area contributed by atoms with E-state index < -0.39 is 0 Å². The summed E-state index contributed by atoms with van der Waals surface area (Å²) in [5.74, 6) is 0.220. The molecule has 0 unspecified atom stereocenters. The molecule has 0 saturated heterocycles. The molecule has 0 amide bonds. The van der Waals surface area contributed by atoms with Gasteiger partial charge in [-0.15, -0.1) is 0 Å². The molecule has 0 aliphatic rings. The minimum Gasteiger partial charge on any atom is -0.508 e. The molecule has 0 aliphatic heterocycles. The lowest BCUT2D eigenvalue weighted by atomic mass is 9.81. The zero-order valence-electron chi connectivity index (χ0n) is 20.8. The third-order valence-electron chi connectivity index (χ3n) is 6.55. The highest BCUT2D eigenvalue weighted by atomic mass is 16.5. The van der Waals surface area contributed by atoms with E-state index >= 15 is 0 Å². The van der Waals surface area contributed by atoms with Crippen LogP contribution in [-0.4, -0.2) is 17.7 Å². The number of phenolic OH excluding ortho intramolecular Hbond substituents is 1. The molecule has 0 radical (unpaired) electrons. The molecule has 0 aromatic heterocycles. The second kappa shape index (κ2) is 16.2. The average molecular weight is 433 g/mol. The smallest absolute Gasteiger partial charge is 0.306 e. The number of rotatable bonds is 18. The van der Waals surface area contributed by atoms with Gasteiger partial charge in [-0.25, -0.2) is 0 Å². The first-order chi connectivity index (χ1) is 14.9. The van der Waals surface area contributed by atoms with Gasteiger partial charge in [-0.2, -0.15) is 0 Å². The van der Waals surface area contributed by atoms with Gasteiger partial charge in [0.1, 0.15) is 5.75 Å². The molecular formula is C28H48O3. The molecule has 1 N–H and O–H groups in total. The van der Waals surface area contributed by atoms with Gasteiger partial charge in [0.2, 0.25) is 0 Å². The van der Waals surface area contributed by atoms with Crippen molar-refractivity contribution in [1.82, 2.24) is 0 Å². The summed E-state index contributed by atoms with van der Waals surface area (Å²) in [5.41, 5.74) is 1.96. The Morgan fingerprint density at radius 1 is 0.871 bits per heavy atom. The van der Waals surface area contributed by atoms with Crippen molar-refractivity contribution in [3.05, 3.63) is 29.3 Å². The lowest BCUT2D eigenvalue weighted by Crippen LogP contribution is -2.16. The van der Waals surface area contributed by atoms with Gasteiger partial charge in [0.25, 0.3) is 0 Å². The Morgan fingerprint density at radius 3 is 1.97 bits per heavy atom. The first-order valence-corrected chi connectivity index (χ1v) is 12.9. The molecule has 0 atom stereocenters. The minimum atomic E-state index is -0.118. The van der Waals surface area contributed by atoms with Crippen molar-refractivity contribution in [2.24, 2.45) is 0 Å². The van der Waals surface area contributed by atoms with Crippen LogP contribution in [0.1, 0.15) is 129 Å². The van der Waals surface area contributed by atoms with E-state index in [0.29, 0.717) is 25.2 Å². The molecule has 1 aromatic carbocycles. The van der Waals surface area contributed by atoms with Crippen LogP contribution in [0.4, 0.5) is 0 Å². The van der Waals surface area contributed by atoms with Crippen LogP contribution in [0.15, 0.2) is 18.2 Å². The fourth-order valence-electron chi connectivity index (χ4n) is 3.92. The quantitative estimate of drug-likeness (QED) is 0.187. The van der Waals surface area contributed by atoms with Crippen molar-refractivity contribution in [2.75, 3.05) is 6.61 Å². The molecule has 1 rings (SSSR count). The maximum absolute atomic E-state index is 12.1. The summed E-state index contributed by atoms with van der Waals surface area (Å²) in [6, 6.07) is 5.69. The number of benzene rings is 1. The van der Waals surface area contributed by atoms with Crippen molar-refractivity contribution in [3.63, 3.8) is 0 Å². The minimum absolute atomic E-state index is 0.0742. The zero-order chi connectivity index (χ0) is 23.0. The van der Waals surface area contributed by atoms with Gasteiger partial charge in [0, 0.05) is 6.42 Å². The molecular weight excluding hydrogens is 384 g/mol. The second-order valence-electron chi connectivity index (χ2n) is 9.70. The molecule has 3 heteroatoms. The third-order valence-corrected chi connectivity index (χ3v) is 6.55. The van der Waals surface area contributed by atoms with E-state index in [4.69, 9.17) is 4.74 Å². The zero-order valence-corrected chi connectivity index (χ0v) is 20.8. The summed E-state index contributed by atoms with van der Waals surface area (Å²) in [6.45, 7) is 9.20. The predicted octanol–water partition coefficient (Wildman–Crippen LogP) is 8.26. The molecule has 0 heterocycles. The Labute approximate surface area is 192 Å². The highest BCUT2D eigenvalue weighted by Crippen LogP contribution is 2.34. The van der Waals surface area contributed by atoms with Crippen LogP contribution in [0, 0.1) is 0 Å². The fourth-order valence-corrected chi connectivity index (χ4v) is 3.92. The van der Waals surface area contributed by atoms with Crippen LogP contribution in [0.5, 0.6) is 5.75 Å². The predicted molar refractivity (Wildman–Crippen MR) is 132 cm³/mol. The summed E-state index contributed by atoms with van der Waals surface area (Å²) in [4.78, 5) is 12.1. The Balaban J connectivity index is 2.07. The van der Waals surface area contributed by atoms with Crippen LogP contribution in [0.2, 0.25) is 0 Å². The molecule has 3 nitrogen and oxygen atoms in total. The number of hydrogen-bond donors (Lipinski definition) is 1. The molecule has 0 fully saturated rings. The van der Waals surface area contributed by atoms with Gasteiger partial charge < -0.3 is 9.84 Å². The number of aromatic hydroxyl groups is 1. The highest BCUT2D eigenvalue weighted by molar-refractivity contribution is 5.69. The molecule has 0 saturated carbocycles. The molecule has 178 valence electrons. The van der Waals surface area contributed by atoms with Crippen LogP contribution in [0.25, 0.3) is 0 Å². The lowest BCUT2D eigenvalue weighted by Gasteiger charge is -2.25. The standard InChI is InChI=1S/C28H48O3/c1-5-7-8-9-10-11-12-13-14-15-16-17-22-31-27(30)21-19-24-18-20-26(29)25(23-24)28(3,4)6-2/h18,20,23,29H,5-17,19,21-22H2,1-4H3. The van der Waals surface area contributed by atoms with Gasteiger partial charge in [-0.3, -0.25) is 4.79 Å².